The molecule has 0 bridgehead atoms. The highest BCUT2D eigenvalue weighted by Gasteiger charge is 2.44. The van der Waals surface area contributed by atoms with Crippen molar-refractivity contribution in [2.24, 2.45) is 7.05 Å². The standard InChI is InChI=1S/C20H31N3O2.C2HF3O2/c1-22-12-5-9-18(22)19(24)21-14-17-8-4-10-20(25-17)11-13-23(15-20)16-6-2-3-7-16;3-2(4,5)1(6)7/h5,9,12,16-17H,2-4,6-8,10-11,13-15H2,1H3,(H,21,24);(H,6,7)/t17-,20-;/m1./s1. The van der Waals surface area contributed by atoms with E-state index < -0.39 is 12.1 Å². The zero-order chi connectivity index (χ0) is 23.4. The maximum Gasteiger partial charge on any atom is 0.490 e. The van der Waals surface area contributed by atoms with Gasteiger partial charge in [-0.05, 0) is 50.7 Å². The minimum absolute atomic E-state index is 0.00488. The highest BCUT2D eigenvalue weighted by molar-refractivity contribution is 5.92. The van der Waals surface area contributed by atoms with Gasteiger partial charge in [0.05, 0.1) is 11.7 Å². The second kappa shape index (κ2) is 10.2. The van der Waals surface area contributed by atoms with E-state index in [4.69, 9.17) is 14.6 Å². The molecule has 1 spiro atoms. The molecule has 4 rings (SSSR count). The van der Waals surface area contributed by atoms with E-state index in [1.807, 2.05) is 29.9 Å². The molecule has 0 unspecified atom stereocenters. The number of nitrogens with zero attached hydrogens (tertiary/aromatic N) is 2. The topological polar surface area (TPSA) is 83.8 Å². The van der Waals surface area contributed by atoms with Crippen molar-refractivity contribution >= 4 is 11.9 Å². The molecule has 0 aromatic carbocycles. The minimum Gasteiger partial charge on any atom is -0.475 e. The third kappa shape index (κ3) is 6.25. The molecule has 3 heterocycles. The van der Waals surface area contributed by atoms with Gasteiger partial charge in [-0.1, -0.05) is 12.8 Å². The van der Waals surface area contributed by atoms with Gasteiger partial charge in [0.1, 0.15) is 5.69 Å². The number of carboxylic acid groups (broad SMARTS) is 1. The Morgan fingerprint density at radius 2 is 1.91 bits per heavy atom. The highest BCUT2D eigenvalue weighted by atomic mass is 19.4. The summed E-state index contributed by atoms with van der Waals surface area (Å²) >= 11 is 0. The van der Waals surface area contributed by atoms with Crippen LogP contribution in [0.25, 0.3) is 0 Å². The molecule has 2 N–H and O–H groups in total. The number of rotatable bonds is 4. The fourth-order valence-electron chi connectivity index (χ4n) is 5.02. The molecule has 180 valence electrons. The number of nitrogens with one attached hydrogen (secondary N) is 1. The van der Waals surface area contributed by atoms with Crippen molar-refractivity contribution < 1.29 is 32.6 Å². The van der Waals surface area contributed by atoms with Gasteiger partial charge in [-0.3, -0.25) is 9.69 Å². The van der Waals surface area contributed by atoms with Crippen LogP contribution in [0.2, 0.25) is 0 Å². The predicted molar refractivity (Wildman–Crippen MR) is 111 cm³/mol. The van der Waals surface area contributed by atoms with Crippen molar-refractivity contribution in [3.63, 3.8) is 0 Å². The number of aryl methyl sites for hydroxylation is 1. The molecule has 1 aliphatic carbocycles. The lowest BCUT2D eigenvalue weighted by Crippen LogP contribution is -2.47. The van der Waals surface area contributed by atoms with Gasteiger partial charge >= 0.3 is 12.1 Å². The van der Waals surface area contributed by atoms with Crippen molar-refractivity contribution in [3.05, 3.63) is 24.0 Å². The molecule has 0 radical (unpaired) electrons. The summed E-state index contributed by atoms with van der Waals surface area (Å²) in [6.07, 6.45) is 7.09. The highest BCUT2D eigenvalue weighted by Crippen LogP contribution is 2.39. The van der Waals surface area contributed by atoms with E-state index >= 15 is 0 Å². The van der Waals surface area contributed by atoms with Crippen LogP contribution in [0.5, 0.6) is 0 Å². The Morgan fingerprint density at radius 3 is 2.50 bits per heavy atom. The molecule has 32 heavy (non-hydrogen) atoms. The zero-order valence-corrected chi connectivity index (χ0v) is 18.4. The number of aromatic nitrogens is 1. The maximum absolute atomic E-state index is 12.3. The Labute approximate surface area is 185 Å². The van der Waals surface area contributed by atoms with Gasteiger partial charge in [0.2, 0.25) is 0 Å². The number of carbonyl (C=O) groups excluding carboxylic acids is 1. The number of likely N-dealkylation sites (tertiary alicyclic amines) is 1. The van der Waals surface area contributed by atoms with Crippen molar-refractivity contribution in [1.82, 2.24) is 14.8 Å². The molecule has 1 amide bonds. The van der Waals surface area contributed by atoms with Crippen LogP contribution in [0.3, 0.4) is 0 Å². The number of amides is 1. The Kier molecular flexibility index (Phi) is 7.87. The second-order valence-electron chi connectivity index (χ2n) is 8.99. The average Bonchev–Trinajstić information content (AvgIpc) is 3.48. The van der Waals surface area contributed by atoms with Crippen LogP contribution in [-0.2, 0) is 16.6 Å². The molecule has 2 aliphatic heterocycles. The van der Waals surface area contributed by atoms with Crippen LogP contribution in [0.1, 0.15) is 61.9 Å². The molecule has 3 aliphatic rings. The molecule has 2 saturated heterocycles. The Hall–Kier alpha value is -2.07. The van der Waals surface area contributed by atoms with Gasteiger partial charge in [0, 0.05) is 38.9 Å². The first-order valence-electron chi connectivity index (χ1n) is 11.2. The van der Waals surface area contributed by atoms with Crippen molar-refractivity contribution in [1.29, 1.82) is 0 Å². The molecule has 7 nitrogen and oxygen atoms in total. The van der Waals surface area contributed by atoms with E-state index in [0.717, 1.165) is 25.4 Å². The van der Waals surface area contributed by atoms with E-state index in [0.29, 0.717) is 12.2 Å². The molecular formula is C22H32F3N3O4. The van der Waals surface area contributed by atoms with Crippen molar-refractivity contribution in [2.75, 3.05) is 19.6 Å². The molecule has 1 aromatic heterocycles. The SMILES string of the molecule is Cn1cccc1C(=O)NC[C@H]1CCC[C@]2(CCN(C3CCCC3)C2)O1.O=C(O)C(F)(F)F. The van der Waals surface area contributed by atoms with Gasteiger partial charge in [0.25, 0.3) is 5.91 Å². The van der Waals surface area contributed by atoms with E-state index in [9.17, 15) is 18.0 Å². The quantitative estimate of drug-likeness (QED) is 0.722. The zero-order valence-electron chi connectivity index (χ0n) is 18.4. The molecule has 10 heteroatoms. The lowest BCUT2D eigenvalue weighted by Gasteiger charge is -2.39. The summed E-state index contributed by atoms with van der Waals surface area (Å²) in [5.74, 6) is -2.76. The largest absolute Gasteiger partial charge is 0.490 e. The van der Waals surface area contributed by atoms with E-state index in [1.165, 1.54) is 45.1 Å². The number of hydrogen-bond donors (Lipinski definition) is 2. The summed E-state index contributed by atoms with van der Waals surface area (Å²) in [5, 5.41) is 10.2. The summed E-state index contributed by atoms with van der Waals surface area (Å²) in [6.45, 7) is 2.90. The lowest BCUT2D eigenvalue weighted by atomic mass is 9.90. The smallest absolute Gasteiger partial charge is 0.475 e. The number of carbonyl (C=O) groups is 2. The fraction of sp³-hybridized carbons (Fsp3) is 0.727. The molecular weight excluding hydrogens is 427 g/mol. The number of hydrogen-bond acceptors (Lipinski definition) is 4. The number of ether oxygens (including phenoxy) is 1. The van der Waals surface area contributed by atoms with Gasteiger partial charge < -0.3 is 19.7 Å². The Balaban J connectivity index is 0.000000360. The number of alkyl halides is 3. The predicted octanol–water partition coefficient (Wildman–Crippen LogP) is 3.34. The van der Waals surface area contributed by atoms with Crippen LogP contribution in [0.4, 0.5) is 13.2 Å². The first-order valence-corrected chi connectivity index (χ1v) is 11.2. The number of halogens is 3. The van der Waals surface area contributed by atoms with Gasteiger partial charge in [0.15, 0.2) is 0 Å². The summed E-state index contributed by atoms with van der Waals surface area (Å²) < 4.78 is 40.2. The minimum atomic E-state index is -5.08. The van der Waals surface area contributed by atoms with E-state index in [1.54, 1.807) is 0 Å². The second-order valence-corrected chi connectivity index (χ2v) is 8.99. The Morgan fingerprint density at radius 1 is 1.22 bits per heavy atom. The normalized spacial score (nSPS) is 26.7. The monoisotopic (exact) mass is 459 g/mol. The van der Waals surface area contributed by atoms with Crippen LogP contribution >= 0.6 is 0 Å². The van der Waals surface area contributed by atoms with Crippen LogP contribution in [0.15, 0.2) is 18.3 Å². The Bertz CT molecular complexity index is 792. The van der Waals surface area contributed by atoms with Crippen molar-refractivity contribution in [3.8, 4) is 0 Å². The molecule has 2 atom stereocenters. The van der Waals surface area contributed by atoms with E-state index in [-0.39, 0.29) is 17.6 Å². The molecule has 1 saturated carbocycles. The van der Waals surface area contributed by atoms with Crippen LogP contribution in [-0.4, -0.2) is 70.0 Å². The number of aliphatic carboxylic acids is 1. The fourth-order valence-corrected chi connectivity index (χ4v) is 5.02. The summed E-state index contributed by atoms with van der Waals surface area (Å²) in [4.78, 5) is 23.9. The summed E-state index contributed by atoms with van der Waals surface area (Å²) in [7, 11) is 1.90. The lowest BCUT2D eigenvalue weighted by molar-refractivity contribution is -0.192. The third-order valence-electron chi connectivity index (χ3n) is 6.67. The summed E-state index contributed by atoms with van der Waals surface area (Å²) in [6, 6.07) is 4.55. The molecule has 1 aromatic rings. The summed E-state index contributed by atoms with van der Waals surface area (Å²) in [5.41, 5.74) is 0.750. The van der Waals surface area contributed by atoms with Gasteiger partial charge in [-0.15, -0.1) is 0 Å². The number of carboxylic acids is 1. The van der Waals surface area contributed by atoms with Crippen molar-refractivity contribution in [2.45, 2.75) is 75.3 Å². The van der Waals surface area contributed by atoms with Crippen LogP contribution < -0.4 is 5.32 Å². The van der Waals surface area contributed by atoms with Gasteiger partial charge in [-0.25, -0.2) is 4.79 Å². The van der Waals surface area contributed by atoms with E-state index in [2.05, 4.69) is 10.2 Å². The molecule has 3 fully saturated rings. The van der Waals surface area contributed by atoms with Gasteiger partial charge in [-0.2, -0.15) is 13.2 Å². The first-order chi connectivity index (χ1) is 15.1. The first kappa shape index (κ1) is 24.6. The third-order valence-corrected chi connectivity index (χ3v) is 6.67. The van der Waals surface area contributed by atoms with Crippen LogP contribution in [0, 0.1) is 0 Å². The maximum atomic E-state index is 12.3. The average molecular weight is 460 g/mol.